The summed E-state index contributed by atoms with van der Waals surface area (Å²) in [5.41, 5.74) is 3.59. The fourth-order valence-electron chi connectivity index (χ4n) is 2.46. The highest BCUT2D eigenvalue weighted by molar-refractivity contribution is 5.43. The van der Waals surface area contributed by atoms with Gasteiger partial charge in [0.05, 0.1) is 0 Å². The van der Waals surface area contributed by atoms with Crippen molar-refractivity contribution in [2.75, 3.05) is 0 Å². The molecule has 0 radical (unpaired) electrons. The first-order chi connectivity index (χ1) is 10.1. The van der Waals surface area contributed by atoms with E-state index in [1.54, 1.807) is 6.92 Å². The first-order valence-electron chi connectivity index (χ1n) is 7.37. The van der Waals surface area contributed by atoms with E-state index in [0.29, 0.717) is 18.3 Å². The molecule has 21 heavy (non-hydrogen) atoms. The van der Waals surface area contributed by atoms with Gasteiger partial charge in [0.1, 0.15) is 5.75 Å². The van der Waals surface area contributed by atoms with E-state index in [0.717, 1.165) is 29.5 Å². The topological polar surface area (TPSA) is 60.2 Å². The van der Waals surface area contributed by atoms with Crippen molar-refractivity contribution in [1.29, 1.82) is 0 Å². The lowest BCUT2D eigenvalue weighted by molar-refractivity contribution is 0.282. The van der Waals surface area contributed by atoms with Crippen molar-refractivity contribution in [1.82, 2.24) is 15.5 Å². The number of nitrogens with zero attached hydrogens (tertiary/aromatic N) is 2. The van der Waals surface area contributed by atoms with E-state index < -0.39 is 0 Å². The minimum absolute atomic E-state index is 0.332. The van der Waals surface area contributed by atoms with E-state index in [1.807, 2.05) is 0 Å². The van der Waals surface area contributed by atoms with Gasteiger partial charge in [0.2, 0.25) is 11.7 Å². The van der Waals surface area contributed by atoms with Crippen LogP contribution < -0.4 is 10.1 Å². The van der Waals surface area contributed by atoms with Gasteiger partial charge in [0, 0.05) is 19.5 Å². The number of rotatable bonds is 6. The highest BCUT2D eigenvalue weighted by Gasteiger charge is 2.20. The number of hydrogen-bond donors (Lipinski definition) is 1. The molecule has 0 unspecified atom stereocenters. The molecule has 1 N–H and O–H groups in total. The Kier molecular flexibility index (Phi) is 3.92. The molecule has 112 valence electrons. The lowest BCUT2D eigenvalue weighted by Crippen LogP contribution is -2.15. The highest BCUT2D eigenvalue weighted by atomic mass is 16.5. The van der Waals surface area contributed by atoms with Crippen LogP contribution in [-0.4, -0.2) is 16.2 Å². The average molecular weight is 287 g/mol. The van der Waals surface area contributed by atoms with Crippen molar-refractivity contribution >= 4 is 0 Å². The molecule has 1 aliphatic carbocycles. The summed E-state index contributed by atoms with van der Waals surface area (Å²) in [7, 11) is 0. The molecule has 1 aromatic heterocycles. The van der Waals surface area contributed by atoms with E-state index in [2.05, 4.69) is 41.4 Å². The average Bonchev–Trinajstić information content (AvgIpc) is 3.17. The van der Waals surface area contributed by atoms with Gasteiger partial charge in [-0.2, -0.15) is 4.98 Å². The SMILES string of the molecule is Cc1nc(COc2c(C)cc(CNC3CC3)cc2C)no1. The van der Waals surface area contributed by atoms with Crippen molar-refractivity contribution in [3.63, 3.8) is 0 Å². The number of benzene rings is 1. The Morgan fingerprint density at radius 2 is 1.95 bits per heavy atom. The van der Waals surface area contributed by atoms with Gasteiger partial charge in [0.25, 0.3) is 0 Å². The second kappa shape index (κ2) is 5.85. The van der Waals surface area contributed by atoms with Gasteiger partial charge in [-0.05, 0) is 43.4 Å². The summed E-state index contributed by atoms with van der Waals surface area (Å²) in [5.74, 6) is 2.04. The molecule has 0 amide bonds. The van der Waals surface area contributed by atoms with Crippen molar-refractivity contribution < 1.29 is 9.26 Å². The number of hydrogen-bond acceptors (Lipinski definition) is 5. The molecule has 1 heterocycles. The van der Waals surface area contributed by atoms with E-state index in [4.69, 9.17) is 9.26 Å². The number of aromatic nitrogens is 2. The summed E-state index contributed by atoms with van der Waals surface area (Å²) in [6.45, 7) is 7.18. The molecule has 0 bridgehead atoms. The molecule has 0 spiro atoms. The Morgan fingerprint density at radius 1 is 1.24 bits per heavy atom. The summed E-state index contributed by atoms with van der Waals surface area (Å²) in [6.07, 6.45) is 2.62. The van der Waals surface area contributed by atoms with E-state index >= 15 is 0 Å². The number of ether oxygens (including phenoxy) is 1. The fourth-order valence-corrected chi connectivity index (χ4v) is 2.46. The largest absolute Gasteiger partial charge is 0.485 e. The van der Waals surface area contributed by atoms with Crippen LogP contribution in [0, 0.1) is 20.8 Å². The summed E-state index contributed by atoms with van der Waals surface area (Å²) in [5, 5.41) is 7.38. The summed E-state index contributed by atoms with van der Waals surface area (Å²) < 4.78 is 10.8. The quantitative estimate of drug-likeness (QED) is 0.885. The molecule has 1 fully saturated rings. The minimum Gasteiger partial charge on any atom is -0.485 e. The maximum atomic E-state index is 5.85. The Balaban J connectivity index is 1.66. The zero-order valence-corrected chi connectivity index (χ0v) is 12.8. The third kappa shape index (κ3) is 3.61. The monoisotopic (exact) mass is 287 g/mol. The molecule has 5 heteroatoms. The maximum Gasteiger partial charge on any atom is 0.223 e. The third-order valence-electron chi connectivity index (χ3n) is 3.61. The van der Waals surface area contributed by atoms with Crippen LogP contribution in [-0.2, 0) is 13.2 Å². The number of nitrogens with one attached hydrogen (secondary N) is 1. The van der Waals surface area contributed by atoms with Crippen LogP contribution in [0.25, 0.3) is 0 Å². The standard InChI is InChI=1S/C16H21N3O2/c1-10-6-13(8-17-14-4-5-14)7-11(2)16(10)20-9-15-18-12(3)21-19-15/h6-7,14,17H,4-5,8-9H2,1-3H3. The Bertz CT molecular complexity index is 609. The smallest absolute Gasteiger partial charge is 0.223 e. The first kappa shape index (κ1) is 14.1. The van der Waals surface area contributed by atoms with Crippen LogP contribution in [0.4, 0.5) is 0 Å². The summed E-state index contributed by atoms with van der Waals surface area (Å²) in [6, 6.07) is 5.08. The maximum absolute atomic E-state index is 5.85. The predicted molar refractivity (Wildman–Crippen MR) is 79.1 cm³/mol. The molecular weight excluding hydrogens is 266 g/mol. The summed E-state index contributed by atoms with van der Waals surface area (Å²) in [4.78, 5) is 4.15. The Morgan fingerprint density at radius 3 is 2.52 bits per heavy atom. The highest BCUT2D eigenvalue weighted by Crippen LogP contribution is 2.26. The lowest BCUT2D eigenvalue weighted by atomic mass is 10.1. The lowest BCUT2D eigenvalue weighted by Gasteiger charge is -2.13. The molecule has 0 atom stereocenters. The second-order valence-corrected chi connectivity index (χ2v) is 5.73. The van der Waals surface area contributed by atoms with E-state index in [9.17, 15) is 0 Å². The zero-order valence-electron chi connectivity index (χ0n) is 12.8. The summed E-state index contributed by atoms with van der Waals surface area (Å²) >= 11 is 0. The van der Waals surface area contributed by atoms with Gasteiger partial charge in [-0.25, -0.2) is 0 Å². The van der Waals surface area contributed by atoms with E-state index in [-0.39, 0.29) is 0 Å². The molecule has 2 aromatic rings. The van der Waals surface area contributed by atoms with Crippen LogP contribution in [0.15, 0.2) is 16.7 Å². The van der Waals surface area contributed by atoms with Gasteiger partial charge in [-0.3, -0.25) is 0 Å². The van der Waals surface area contributed by atoms with Crippen LogP contribution >= 0.6 is 0 Å². The molecule has 1 aromatic carbocycles. The molecular formula is C16H21N3O2. The Hall–Kier alpha value is -1.88. The first-order valence-corrected chi connectivity index (χ1v) is 7.37. The normalized spacial score (nSPS) is 14.4. The number of aryl methyl sites for hydroxylation is 3. The van der Waals surface area contributed by atoms with Crippen molar-refractivity contribution in [2.24, 2.45) is 0 Å². The molecule has 0 saturated heterocycles. The molecule has 3 rings (SSSR count). The van der Waals surface area contributed by atoms with Crippen LogP contribution in [0.3, 0.4) is 0 Å². The van der Waals surface area contributed by atoms with Crippen LogP contribution in [0.5, 0.6) is 5.75 Å². The van der Waals surface area contributed by atoms with Gasteiger partial charge < -0.3 is 14.6 Å². The van der Waals surface area contributed by atoms with Crippen LogP contribution in [0.2, 0.25) is 0 Å². The molecule has 1 saturated carbocycles. The zero-order chi connectivity index (χ0) is 14.8. The second-order valence-electron chi connectivity index (χ2n) is 5.73. The van der Waals surface area contributed by atoms with Gasteiger partial charge in [0.15, 0.2) is 6.61 Å². The molecule has 5 nitrogen and oxygen atoms in total. The van der Waals surface area contributed by atoms with Gasteiger partial charge in [-0.15, -0.1) is 0 Å². The van der Waals surface area contributed by atoms with Crippen LogP contribution in [0.1, 0.15) is 41.2 Å². The van der Waals surface area contributed by atoms with Gasteiger partial charge >= 0.3 is 0 Å². The Labute approximate surface area is 124 Å². The predicted octanol–water partition coefficient (Wildman–Crippen LogP) is 2.83. The van der Waals surface area contributed by atoms with Crippen molar-refractivity contribution in [3.05, 3.63) is 40.5 Å². The van der Waals surface area contributed by atoms with Gasteiger partial charge in [-0.1, -0.05) is 17.3 Å². The molecule has 1 aliphatic rings. The van der Waals surface area contributed by atoms with E-state index in [1.165, 1.54) is 18.4 Å². The third-order valence-corrected chi connectivity index (χ3v) is 3.61. The van der Waals surface area contributed by atoms with Crippen molar-refractivity contribution in [2.45, 2.75) is 52.8 Å². The minimum atomic E-state index is 0.332. The fraction of sp³-hybridized carbons (Fsp3) is 0.500. The van der Waals surface area contributed by atoms with Crippen molar-refractivity contribution in [3.8, 4) is 5.75 Å². The molecule has 0 aliphatic heterocycles.